The van der Waals surface area contributed by atoms with Crippen molar-refractivity contribution in [1.29, 1.82) is 0 Å². The van der Waals surface area contributed by atoms with Gasteiger partial charge >= 0.3 is 0 Å². The van der Waals surface area contributed by atoms with Gasteiger partial charge in [-0.05, 0) is 31.0 Å². The van der Waals surface area contributed by atoms with E-state index in [1.165, 1.54) is 0 Å². The number of halogens is 1. The molecule has 5 heteroatoms. The Morgan fingerprint density at radius 3 is 2.90 bits per heavy atom. The van der Waals surface area contributed by atoms with Gasteiger partial charge in [0.15, 0.2) is 11.6 Å². The number of anilines is 1. The summed E-state index contributed by atoms with van der Waals surface area (Å²) in [5, 5.41) is 0.211. The number of ether oxygens (including phenoxy) is 1. The second kappa shape index (κ2) is 5.67. The Morgan fingerprint density at radius 1 is 1.50 bits per heavy atom. The third-order valence-corrected chi connectivity index (χ3v) is 3.62. The van der Waals surface area contributed by atoms with Crippen LogP contribution in [0.4, 0.5) is 5.82 Å². The highest BCUT2D eigenvalue weighted by molar-refractivity contribution is 6.28. The average molecular weight is 292 g/mol. The lowest BCUT2D eigenvalue weighted by Crippen LogP contribution is -2.49. The van der Waals surface area contributed by atoms with E-state index >= 15 is 0 Å². The van der Waals surface area contributed by atoms with Crippen molar-refractivity contribution in [1.82, 2.24) is 9.97 Å². The summed E-state index contributed by atoms with van der Waals surface area (Å²) in [4.78, 5) is 10.4. The molecule has 1 aromatic rings. The molecular formula is C15H18ClN3O. The monoisotopic (exact) mass is 291 g/mol. The van der Waals surface area contributed by atoms with Crippen LogP contribution < -0.4 is 9.64 Å². The maximum absolute atomic E-state index is 5.91. The summed E-state index contributed by atoms with van der Waals surface area (Å²) in [5.41, 5.74) is 0.752. The van der Waals surface area contributed by atoms with E-state index in [1.807, 2.05) is 12.2 Å². The maximum atomic E-state index is 5.91. The number of rotatable bonds is 4. The molecule has 0 N–H and O–H groups in total. The Balaban J connectivity index is 2.49. The van der Waals surface area contributed by atoms with E-state index in [2.05, 4.69) is 41.9 Å². The molecule has 0 spiro atoms. The van der Waals surface area contributed by atoms with E-state index < -0.39 is 0 Å². The molecule has 0 saturated heterocycles. The maximum Gasteiger partial charge on any atom is 0.224 e. The predicted molar refractivity (Wildman–Crippen MR) is 82.4 cm³/mol. The molecule has 0 radical (unpaired) electrons. The highest BCUT2D eigenvalue weighted by atomic mass is 35.5. The van der Waals surface area contributed by atoms with E-state index in [0.717, 1.165) is 12.1 Å². The molecular weight excluding hydrogens is 274 g/mol. The quantitative estimate of drug-likeness (QED) is 0.629. The number of aromatic nitrogens is 2. The Labute approximate surface area is 124 Å². The molecule has 1 aromatic heterocycles. The highest BCUT2D eigenvalue weighted by Crippen LogP contribution is 2.37. The van der Waals surface area contributed by atoms with E-state index in [4.69, 9.17) is 16.3 Å². The van der Waals surface area contributed by atoms with Crippen LogP contribution in [0, 0.1) is 0 Å². The van der Waals surface area contributed by atoms with Crippen molar-refractivity contribution in [2.45, 2.75) is 19.4 Å². The number of nitrogens with zero attached hydrogens (tertiary/aromatic N) is 3. The SMILES string of the molecule is C=C/C=C(\C=C)C(C)(C)N1CCOc2cnc(Cl)nc21. The zero-order valence-electron chi connectivity index (χ0n) is 11.8. The lowest BCUT2D eigenvalue weighted by Gasteiger charge is -2.43. The Morgan fingerprint density at radius 2 is 2.25 bits per heavy atom. The molecule has 0 aromatic carbocycles. The van der Waals surface area contributed by atoms with Gasteiger partial charge in [-0.25, -0.2) is 4.98 Å². The molecule has 0 atom stereocenters. The fourth-order valence-corrected chi connectivity index (χ4v) is 2.47. The summed E-state index contributed by atoms with van der Waals surface area (Å²) in [6.07, 6.45) is 7.15. The molecule has 0 aliphatic carbocycles. The molecule has 4 nitrogen and oxygen atoms in total. The van der Waals surface area contributed by atoms with Crippen LogP contribution in [0.25, 0.3) is 0 Å². The van der Waals surface area contributed by atoms with E-state index in [1.54, 1.807) is 12.3 Å². The molecule has 1 aliphatic rings. The molecule has 0 fully saturated rings. The fourth-order valence-electron chi connectivity index (χ4n) is 2.34. The van der Waals surface area contributed by atoms with Crippen molar-refractivity contribution >= 4 is 17.4 Å². The van der Waals surface area contributed by atoms with Crippen LogP contribution in [0.2, 0.25) is 5.28 Å². The fraction of sp³-hybridized carbons (Fsp3) is 0.333. The zero-order valence-corrected chi connectivity index (χ0v) is 12.5. The third-order valence-electron chi connectivity index (χ3n) is 3.43. The standard InChI is InChI=1S/C15H18ClN3O/c1-5-7-11(6-2)15(3,4)19-8-9-20-12-10-17-14(16)18-13(12)19/h5-7,10H,1-2,8-9H2,3-4H3/b11-7+. The molecule has 2 rings (SSSR count). The van der Waals surface area contributed by atoms with Gasteiger partial charge in [0.2, 0.25) is 5.28 Å². The van der Waals surface area contributed by atoms with Gasteiger partial charge in [0.05, 0.1) is 18.3 Å². The molecule has 0 amide bonds. The second-order valence-electron chi connectivity index (χ2n) is 4.95. The van der Waals surface area contributed by atoms with Gasteiger partial charge in [0.25, 0.3) is 0 Å². The van der Waals surface area contributed by atoms with Crippen molar-refractivity contribution in [3.8, 4) is 5.75 Å². The van der Waals surface area contributed by atoms with Gasteiger partial charge in [0.1, 0.15) is 6.61 Å². The number of allylic oxidation sites excluding steroid dienone is 2. The van der Waals surface area contributed by atoms with Crippen molar-refractivity contribution in [2.24, 2.45) is 0 Å². The summed E-state index contributed by atoms with van der Waals surface area (Å²) in [7, 11) is 0. The topological polar surface area (TPSA) is 38.2 Å². The minimum atomic E-state index is -0.299. The minimum Gasteiger partial charge on any atom is -0.486 e. The first kappa shape index (κ1) is 14.6. The van der Waals surface area contributed by atoms with Crippen LogP contribution in [0.1, 0.15) is 13.8 Å². The van der Waals surface area contributed by atoms with Gasteiger partial charge in [0, 0.05) is 0 Å². The van der Waals surface area contributed by atoms with Crippen molar-refractivity contribution in [2.75, 3.05) is 18.1 Å². The summed E-state index contributed by atoms with van der Waals surface area (Å²) in [6.45, 7) is 13.1. The van der Waals surface area contributed by atoms with Crippen molar-refractivity contribution < 1.29 is 4.74 Å². The molecule has 0 saturated carbocycles. The number of hydrogen-bond donors (Lipinski definition) is 0. The number of fused-ring (bicyclic) bond motifs is 1. The normalized spacial score (nSPS) is 15.3. The van der Waals surface area contributed by atoms with Crippen LogP contribution in [-0.4, -0.2) is 28.7 Å². The Hall–Kier alpha value is -1.81. The Bertz CT molecular complexity index is 566. The molecule has 106 valence electrons. The largest absolute Gasteiger partial charge is 0.486 e. The van der Waals surface area contributed by atoms with Crippen LogP contribution in [-0.2, 0) is 0 Å². The minimum absolute atomic E-state index is 0.211. The lowest BCUT2D eigenvalue weighted by molar-refractivity contribution is 0.289. The molecule has 1 aliphatic heterocycles. The van der Waals surface area contributed by atoms with Gasteiger partial charge in [-0.3, -0.25) is 0 Å². The predicted octanol–water partition coefficient (Wildman–Crippen LogP) is 3.41. The van der Waals surface area contributed by atoms with E-state index in [0.29, 0.717) is 18.2 Å². The number of hydrogen-bond acceptors (Lipinski definition) is 4. The second-order valence-corrected chi connectivity index (χ2v) is 5.29. The summed E-state index contributed by atoms with van der Waals surface area (Å²) < 4.78 is 5.59. The van der Waals surface area contributed by atoms with Gasteiger partial charge in [-0.1, -0.05) is 31.4 Å². The van der Waals surface area contributed by atoms with Gasteiger partial charge in [-0.15, -0.1) is 0 Å². The smallest absolute Gasteiger partial charge is 0.224 e. The zero-order chi connectivity index (χ0) is 14.8. The Kier molecular flexibility index (Phi) is 4.14. The van der Waals surface area contributed by atoms with Crippen molar-refractivity contribution in [3.05, 3.63) is 48.4 Å². The lowest BCUT2D eigenvalue weighted by atomic mass is 9.91. The first-order chi connectivity index (χ1) is 9.50. The van der Waals surface area contributed by atoms with Gasteiger partial charge < -0.3 is 9.64 Å². The molecule has 2 heterocycles. The van der Waals surface area contributed by atoms with Crippen LogP contribution in [0.15, 0.2) is 43.2 Å². The summed E-state index contributed by atoms with van der Waals surface area (Å²) in [5.74, 6) is 1.36. The van der Waals surface area contributed by atoms with Crippen LogP contribution >= 0.6 is 11.6 Å². The third kappa shape index (κ3) is 2.56. The van der Waals surface area contributed by atoms with Crippen LogP contribution in [0.3, 0.4) is 0 Å². The molecule has 0 unspecified atom stereocenters. The highest BCUT2D eigenvalue weighted by Gasteiger charge is 2.34. The van der Waals surface area contributed by atoms with Crippen LogP contribution in [0.5, 0.6) is 5.75 Å². The molecule has 20 heavy (non-hydrogen) atoms. The van der Waals surface area contributed by atoms with E-state index in [9.17, 15) is 0 Å². The van der Waals surface area contributed by atoms with E-state index in [-0.39, 0.29) is 10.8 Å². The average Bonchev–Trinajstić information content (AvgIpc) is 2.43. The van der Waals surface area contributed by atoms with Gasteiger partial charge in [-0.2, -0.15) is 4.98 Å². The van der Waals surface area contributed by atoms with Crippen molar-refractivity contribution in [3.63, 3.8) is 0 Å². The first-order valence-electron chi connectivity index (χ1n) is 6.39. The summed E-state index contributed by atoms with van der Waals surface area (Å²) >= 11 is 5.91. The first-order valence-corrected chi connectivity index (χ1v) is 6.77. The summed E-state index contributed by atoms with van der Waals surface area (Å²) in [6, 6.07) is 0. The molecule has 0 bridgehead atoms.